The van der Waals surface area contributed by atoms with Gasteiger partial charge in [-0.2, -0.15) is 15.0 Å². The van der Waals surface area contributed by atoms with Gasteiger partial charge in [0, 0.05) is 26.3 Å². The van der Waals surface area contributed by atoms with Crippen LogP contribution in [0.3, 0.4) is 0 Å². The van der Waals surface area contributed by atoms with Crippen molar-refractivity contribution < 1.29 is 9.47 Å². The van der Waals surface area contributed by atoms with Gasteiger partial charge in [0.1, 0.15) is 0 Å². The summed E-state index contributed by atoms with van der Waals surface area (Å²) in [5.74, 6) is 1.03. The molecule has 0 aromatic carbocycles. The molecule has 1 aromatic heterocycles. The lowest BCUT2D eigenvalue weighted by molar-refractivity contribution is 0.0903. The van der Waals surface area contributed by atoms with Crippen molar-refractivity contribution in [1.82, 2.24) is 15.0 Å². The van der Waals surface area contributed by atoms with E-state index in [1.165, 1.54) is 7.11 Å². The summed E-state index contributed by atoms with van der Waals surface area (Å²) in [7, 11) is 3.29. The fraction of sp³-hybridized carbons (Fsp3) is 0.700. The molecule has 0 unspecified atom stereocenters. The van der Waals surface area contributed by atoms with Crippen LogP contribution in [0.4, 0.5) is 11.9 Å². The highest BCUT2D eigenvalue weighted by atomic mass is 16.5. The Bertz CT molecular complexity index is 345. The number of nitrogens with zero attached hydrogens (tertiary/aromatic N) is 3. The van der Waals surface area contributed by atoms with E-state index in [1.54, 1.807) is 7.05 Å². The summed E-state index contributed by atoms with van der Waals surface area (Å²) in [5.41, 5.74) is 0. The summed E-state index contributed by atoms with van der Waals surface area (Å²) in [4.78, 5) is 12.4. The highest BCUT2D eigenvalue weighted by Gasteiger charge is 2.15. The molecule has 7 nitrogen and oxygen atoms in total. The van der Waals surface area contributed by atoms with Crippen LogP contribution in [-0.2, 0) is 4.74 Å². The van der Waals surface area contributed by atoms with Crippen molar-refractivity contribution in [1.29, 1.82) is 0 Å². The van der Waals surface area contributed by atoms with E-state index in [4.69, 9.17) is 9.47 Å². The van der Waals surface area contributed by atoms with Crippen LogP contribution in [-0.4, -0.2) is 48.4 Å². The number of ether oxygens (including phenoxy) is 2. The maximum atomic E-state index is 5.30. The standard InChI is InChI=1S/C10H17N5O2/c1-11-8-13-9(15-10(14-8)16-2)12-7-3-5-17-6-4-7/h7H,3-6H2,1-2H3,(H2,11,12,13,14,15). The number of anilines is 2. The Morgan fingerprint density at radius 1 is 1.18 bits per heavy atom. The first-order chi connectivity index (χ1) is 8.31. The third kappa shape index (κ3) is 3.16. The zero-order valence-electron chi connectivity index (χ0n) is 10.1. The van der Waals surface area contributed by atoms with Crippen LogP contribution in [0.25, 0.3) is 0 Å². The maximum Gasteiger partial charge on any atom is 0.322 e. The van der Waals surface area contributed by atoms with E-state index in [-0.39, 0.29) is 0 Å². The second-order valence-electron chi connectivity index (χ2n) is 3.75. The van der Waals surface area contributed by atoms with Crippen LogP contribution in [0.2, 0.25) is 0 Å². The van der Waals surface area contributed by atoms with E-state index in [0.717, 1.165) is 26.1 Å². The van der Waals surface area contributed by atoms with Crippen molar-refractivity contribution in [3.05, 3.63) is 0 Å². The van der Waals surface area contributed by atoms with Crippen molar-refractivity contribution in [3.63, 3.8) is 0 Å². The minimum Gasteiger partial charge on any atom is -0.467 e. The molecule has 1 saturated heterocycles. The monoisotopic (exact) mass is 239 g/mol. The molecular formula is C10H17N5O2. The highest BCUT2D eigenvalue weighted by molar-refractivity contribution is 5.36. The predicted molar refractivity (Wildman–Crippen MR) is 63.4 cm³/mol. The van der Waals surface area contributed by atoms with Crippen LogP contribution in [0, 0.1) is 0 Å². The second kappa shape index (κ2) is 5.62. The number of hydrogen-bond donors (Lipinski definition) is 2. The number of rotatable bonds is 4. The molecule has 1 fully saturated rings. The Balaban J connectivity index is 2.07. The van der Waals surface area contributed by atoms with Gasteiger partial charge in [0.15, 0.2) is 0 Å². The van der Waals surface area contributed by atoms with E-state index in [0.29, 0.717) is 23.9 Å². The third-order valence-corrected chi connectivity index (χ3v) is 2.58. The lowest BCUT2D eigenvalue weighted by Gasteiger charge is -2.23. The van der Waals surface area contributed by atoms with Crippen LogP contribution >= 0.6 is 0 Å². The molecule has 0 saturated carbocycles. The zero-order chi connectivity index (χ0) is 12.1. The van der Waals surface area contributed by atoms with Gasteiger partial charge in [-0.05, 0) is 12.8 Å². The van der Waals surface area contributed by atoms with Crippen LogP contribution in [0.15, 0.2) is 0 Å². The molecule has 7 heteroatoms. The fourth-order valence-corrected chi connectivity index (χ4v) is 1.65. The largest absolute Gasteiger partial charge is 0.467 e. The fourth-order valence-electron chi connectivity index (χ4n) is 1.65. The number of nitrogens with one attached hydrogen (secondary N) is 2. The molecule has 0 spiro atoms. The lowest BCUT2D eigenvalue weighted by atomic mass is 10.1. The van der Waals surface area contributed by atoms with Gasteiger partial charge in [-0.3, -0.25) is 0 Å². The Morgan fingerprint density at radius 3 is 2.53 bits per heavy atom. The Hall–Kier alpha value is -1.63. The Morgan fingerprint density at radius 2 is 1.88 bits per heavy atom. The van der Waals surface area contributed by atoms with E-state index < -0.39 is 0 Å². The van der Waals surface area contributed by atoms with Crippen LogP contribution in [0.1, 0.15) is 12.8 Å². The topological polar surface area (TPSA) is 81.2 Å². The molecular weight excluding hydrogens is 222 g/mol. The van der Waals surface area contributed by atoms with Crippen LogP contribution < -0.4 is 15.4 Å². The third-order valence-electron chi connectivity index (χ3n) is 2.58. The Kier molecular flexibility index (Phi) is 3.92. The maximum absolute atomic E-state index is 5.30. The summed E-state index contributed by atoms with van der Waals surface area (Å²) in [6.07, 6.45) is 1.92. The molecule has 2 heterocycles. The van der Waals surface area contributed by atoms with Gasteiger partial charge >= 0.3 is 6.01 Å². The van der Waals surface area contributed by atoms with E-state index in [1.807, 2.05) is 0 Å². The smallest absolute Gasteiger partial charge is 0.322 e. The molecule has 0 amide bonds. The first-order valence-corrected chi connectivity index (χ1v) is 5.64. The normalized spacial score (nSPS) is 16.6. The lowest BCUT2D eigenvalue weighted by Crippen LogP contribution is -2.28. The summed E-state index contributed by atoms with van der Waals surface area (Å²) < 4.78 is 10.3. The first kappa shape index (κ1) is 11.8. The van der Waals surface area contributed by atoms with Gasteiger partial charge in [-0.1, -0.05) is 0 Å². The molecule has 1 aromatic rings. The average molecular weight is 239 g/mol. The van der Waals surface area contributed by atoms with Crippen LogP contribution in [0.5, 0.6) is 6.01 Å². The predicted octanol–water partition coefficient (Wildman–Crippen LogP) is 0.513. The summed E-state index contributed by atoms with van der Waals surface area (Å²) >= 11 is 0. The number of methoxy groups -OCH3 is 1. The molecule has 94 valence electrons. The van der Waals surface area contributed by atoms with E-state index >= 15 is 0 Å². The molecule has 0 atom stereocenters. The molecule has 17 heavy (non-hydrogen) atoms. The van der Waals surface area contributed by atoms with Gasteiger partial charge < -0.3 is 20.1 Å². The number of hydrogen-bond acceptors (Lipinski definition) is 7. The van der Waals surface area contributed by atoms with E-state index in [2.05, 4.69) is 25.6 Å². The van der Waals surface area contributed by atoms with Gasteiger partial charge in [-0.25, -0.2) is 0 Å². The summed E-state index contributed by atoms with van der Waals surface area (Å²) in [6.45, 7) is 1.55. The van der Waals surface area contributed by atoms with Crippen molar-refractivity contribution in [3.8, 4) is 6.01 Å². The van der Waals surface area contributed by atoms with Gasteiger partial charge in [0.05, 0.1) is 7.11 Å². The van der Waals surface area contributed by atoms with Gasteiger partial charge in [0.25, 0.3) is 0 Å². The summed E-state index contributed by atoms with van der Waals surface area (Å²) in [6, 6.07) is 0.652. The molecule has 1 aliphatic heterocycles. The average Bonchev–Trinajstić information content (AvgIpc) is 2.39. The Labute approximate surface area is 100.0 Å². The molecule has 0 bridgehead atoms. The van der Waals surface area contributed by atoms with Crippen molar-refractivity contribution in [2.24, 2.45) is 0 Å². The van der Waals surface area contributed by atoms with Gasteiger partial charge in [0.2, 0.25) is 11.9 Å². The van der Waals surface area contributed by atoms with Crippen molar-refractivity contribution >= 4 is 11.9 Å². The zero-order valence-corrected chi connectivity index (χ0v) is 10.1. The molecule has 0 radical (unpaired) electrons. The molecule has 1 aliphatic rings. The minimum atomic E-state index is 0.305. The second-order valence-corrected chi connectivity index (χ2v) is 3.75. The summed E-state index contributed by atoms with van der Waals surface area (Å²) in [5, 5.41) is 6.14. The quantitative estimate of drug-likeness (QED) is 0.792. The molecule has 2 rings (SSSR count). The van der Waals surface area contributed by atoms with Crippen molar-refractivity contribution in [2.75, 3.05) is 38.0 Å². The first-order valence-electron chi connectivity index (χ1n) is 5.64. The van der Waals surface area contributed by atoms with Gasteiger partial charge in [-0.15, -0.1) is 0 Å². The molecule has 0 aliphatic carbocycles. The number of aromatic nitrogens is 3. The SMILES string of the molecule is CNc1nc(NC2CCOCC2)nc(OC)n1. The highest BCUT2D eigenvalue weighted by Crippen LogP contribution is 2.15. The van der Waals surface area contributed by atoms with Crippen molar-refractivity contribution in [2.45, 2.75) is 18.9 Å². The van der Waals surface area contributed by atoms with E-state index in [9.17, 15) is 0 Å². The minimum absolute atomic E-state index is 0.305. The molecule has 2 N–H and O–H groups in total.